The molecule has 13 heteroatoms. The number of carbonyl (C=O) groups is 2. The van der Waals surface area contributed by atoms with Crippen molar-refractivity contribution in [3.8, 4) is 0 Å². The Hall–Kier alpha value is -5.24. The highest BCUT2D eigenvalue weighted by atomic mass is 16.5. The molecule has 6 aliphatic rings. The number of carbonyl (C=O) groups excluding carboxylic acids is 2. The molecule has 2 saturated carbocycles. The maximum absolute atomic E-state index is 13.7. The minimum Gasteiger partial charge on any atom is -0.393 e. The van der Waals surface area contributed by atoms with Crippen molar-refractivity contribution in [1.82, 2.24) is 9.97 Å². The van der Waals surface area contributed by atoms with Crippen molar-refractivity contribution < 1.29 is 25.6 Å². The van der Waals surface area contributed by atoms with E-state index in [2.05, 4.69) is 74.6 Å². The van der Waals surface area contributed by atoms with Crippen LogP contribution < -0.4 is 30.2 Å². The molecule has 0 bridgehead atoms. The average Bonchev–Trinajstić information content (AvgIpc) is 3.63. The number of rotatable bonds is 5. The van der Waals surface area contributed by atoms with Gasteiger partial charge in [-0.2, -0.15) is 0 Å². The minimum absolute atomic E-state index is 0. The van der Waals surface area contributed by atoms with Gasteiger partial charge in [-0.1, -0.05) is 45.2 Å². The maximum atomic E-state index is 13.7. The first kappa shape index (κ1) is 47.7. The Labute approximate surface area is 388 Å². The molecule has 2 amide bonds. The van der Waals surface area contributed by atoms with Gasteiger partial charge in [0.15, 0.2) is 0 Å². The van der Waals surface area contributed by atoms with Gasteiger partial charge in [0.2, 0.25) is 12.3 Å². The molecule has 4 aromatic rings. The van der Waals surface area contributed by atoms with Gasteiger partial charge in [-0.05, 0) is 120 Å². The monoisotopic (exact) mass is 891 g/mol. The molecule has 2 aromatic heterocycles. The van der Waals surface area contributed by atoms with Crippen LogP contribution in [0.1, 0.15) is 117 Å². The molecule has 6 heterocycles. The molecular weight excluding hydrogens is 817 g/mol. The molecule has 65 heavy (non-hydrogen) atoms. The number of piperidine rings is 1. The number of nitrogens with zero attached hydrogens (tertiary/aromatic N) is 6. The van der Waals surface area contributed by atoms with Crippen LogP contribution in [0, 0.1) is 5.92 Å². The van der Waals surface area contributed by atoms with Crippen molar-refractivity contribution in [2.45, 2.75) is 142 Å². The molecule has 0 radical (unpaired) electrons. The first-order valence-electron chi connectivity index (χ1n) is 24.3. The van der Waals surface area contributed by atoms with E-state index in [1.54, 1.807) is 17.3 Å². The summed E-state index contributed by atoms with van der Waals surface area (Å²) in [7, 11) is 1.82. The highest BCUT2D eigenvalue weighted by Crippen LogP contribution is 2.41. The first-order valence-corrected chi connectivity index (χ1v) is 24.3. The Morgan fingerprint density at radius 2 is 1.38 bits per heavy atom. The fourth-order valence-corrected chi connectivity index (χ4v) is 9.77. The number of morpholine rings is 1. The van der Waals surface area contributed by atoms with Gasteiger partial charge >= 0.3 is 0 Å². The number of methoxy groups -OCH3 is 1. The molecule has 3 N–H and O–H groups in total. The van der Waals surface area contributed by atoms with Crippen molar-refractivity contribution in [1.29, 1.82) is 0 Å². The molecule has 2 saturated heterocycles. The topological polar surface area (TPSA) is 136 Å². The highest BCUT2D eigenvalue weighted by molar-refractivity contribution is 6.00. The summed E-state index contributed by atoms with van der Waals surface area (Å²) < 4.78 is 10.9. The molecule has 4 fully saturated rings. The van der Waals surface area contributed by atoms with E-state index in [4.69, 9.17) is 9.47 Å². The number of aromatic nitrogens is 2. The highest BCUT2D eigenvalue weighted by Gasteiger charge is 2.33. The normalized spacial score (nSPS) is 22.6. The van der Waals surface area contributed by atoms with Gasteiger partial charge in [0.05, 0.1) is 60.8 Å². The van der Waals surface area contributed by atoms with Crippen molar-refractivity contribution in [2.75, 3.05) is 63.6 Å². The molecule has 13 nitrogen and oxygen atoms in total. The van der Waals surface area contributed by atoms with Crippen molar-refractivity contribution in [2.24, 2.45) is 5.92 Å². The van der Waals surface area contributed by atoms with Crippen LogP contribution in [0.2, 0.25) is 0 Å². The minimum atomic E-state index is -0.261. The van der Waals surface area contributed by atoms with Crippen molar-refractivity contribution >= 4 is 58.1 Å². The first-order chi connectivity index (χ1) is 31.8. The number of fused-ring (bicyclic) bond motifs is 4. The fraction of sp³-hybridized carbons (Fsp3) is 0.538. The van der Waals surface area contributed by atoms with Crippen LogP contribution in [0.15, 0.2) is 73.1 Å². The number of aliphatic hydroxyl groups is 1. The van der Waals surface area contributed by atoms with Crippen LogP contribution in [0.5, 0.6) is 0 Å². The number of ether oxygens (including phenoxy) is 2. The quantitative estimate of drug-likeness (QED) is 0.165. The van der Waals surface area contributed by atoms with Crippen LogP contribution >= 0.6 is 0 Å². The van der Waals surface area contributed by atoms with Gasteiger partial charge in [-0.15, -0.1) is 0 Å². The van der Waals surface area contributed by atoms with Gasteiger partial charge in [0.1, 0.15) is 11.6 Å². The summed E-state index contributed by atoms with van der Waals surface area (Å²) in [6.07, 6.45) is 18.4. The molecule has 2 aliphatic carbocycles. The lowest BCUT2D eigenvalue weighted by Crippen LogP contribution is -2.47. The molecule has 2 atom stereocenters. The Morgan fingerprint density at radius 3 is 2.02 bits per heavy atom. The third-order valence-corrected chi connectivity index (χ3v) is 13.5. The van der Waals surface area contributed by atoms with Crippen LogP contribution in [-0.2, 0) is 32.2 Å². The van der Waals surface area contributed by atoms with E-state index in [-0.39, 0.29) is 25.5 Å². The number of benzene rings is 2. The van der Waals surface area contributed by atoms with Gasteiger partial charge < -0.3 is 44.8 Å². The van der Waals surface area contributed by atoms with Gasteiger partial charge in [0.25, 0.3) is 0 Å². The zero-order valence-electron chi connectivity index (χ0n) is 39.4. The molecular formula is C52H74N8O5. The van der Waals surface area contributed by atoms with Crippen molar-refractivity contribution in [3.63, 3.8) is 0 Å². The summed E-state index contributed by atoms with van der Waals surface area (Å²) in [5, 5.41) is 16.7. The second kappa shape index (κ2) is 23.3. The number of amides is 2. The van der Waals surface area contributed by atoms with E-state index in [1.165, 1.54) is 57.1 Å². The van der Waals surface area contributed by atoms with E-state index in [0.29, 0.717) is 44.7 Å². The number of hydrogen-bond donors (Lipinski definition) is 3. The number of aliphatic hydroxyl groups excluding tert-OH is 1. The Bertz CT molecular complexity index is 2160. The van der Waals surface area contributed by atoms with Gasteiger partial charge in [-0.25, -0.2) is 9.97 Å². The number of hydrogen-bond acceptors (Lipinski definition) is 11. The second-order valence-corrected chi connectivity index (χ2v) is 18.0. The van der Waals surface area contributed by atoms with Crippen molar-refractivity contribution in [3.05, 3.63) is 84.2 Å². The molecule has 10 rings (SSSR count). The van der Waals surface area contributed by atoms with Gasteiger partial charge in [0, 0.05) is 75.0 Å². The maximum Gasteiger partial charge on any atom is 0.230 e. The Morgan fingerprint density at radius 1 is 0.785 bits per heavy atom. The predicted molar refractivity (Wildman–Crippen MR) is 265 cm³/mol. The van der Waals surface area contributed by atoms with E-state index in [0.717, 1.165) is 90.1 Å². The third-order valence-electron chi connectivity index (χ3n) is 13.5. The van der Waals surface area contributed by atoms with Crippen LogP contribution in [0.25, 0.3) is 0 Å². The summed E-state index contributed by atoms with van der Waals surface area (Å²) in [6, 6.07) is 20.8. The third kappa shape index (κ3) is 12.0. The van der Waals surface area contributed by atoms with Crippen LogP contribution in [-0.4, -0.2) is 85.1 Å². The van der Waals surface area contributed by atoms with Gasteiger partial charge in [-0.3, -0.25) is 9.59 Å². The zero-order valence-corrected chi connectivity index (χ0v) is 39.4. The van der Waals surface area contributed by atoms with E-state index < -0.39 is 0 Å². The fourth-order valence-electron chi connectivity index (χ4n) is 9.77. The summed E-state index contributed by atoms with van der Waals surface area (Å²) in [5.41, 5.74) is 7.95. The lowest BCUT2D eigenvalue weighted by atomic mass is 9.86. The Balaban J connectivity index is 0.000000181. The average molecular weight is 891 g/mol. The summed E-state index contributed by atoms with van der Waals surface area (Å²) in [5.74, 6) is 1.75. The SMILES string of the molecule is CC.COC1CCCCC1.C[C@H]1CN(c2ccc3c(c2)N(C=O)Cc2cccnc2N3)[C@@H](C)CO1.O=C(C1CCC(O)CC1)N1Cc2cccnc2Nc2ccc(N3CCCCC3)cc21.[HH]. The largest absolute Gasteiger partial charge is 0.393 e. The lowest BCUT2D eigenvalue weighted by molar-refractivity contribution is -0.124. The Kier molecular flexibility index (Phi) is 17.1. The van der Waals surface area contributed by atoms with E-state index >= 15 is 0 Å². The standard InChI is InChI=1S/C24H30N4O2.C19H22N4O2.C7H14O.C2H6.H2/c29-20-9-6-17(7-10-20)24(30)28-16-18-5-4-12-25-23(18)26-21-11-8-19(15-22(21)28)27-13-2-1-3-14-27;1-13-11-25-14(2)9-23(13)16-5-6-17-18(8-16)22(12-24)10-15-4-3-7-20-19(15)21-17;1-8-7-5-3-2-4-6-7;1-2;/h4-5,8,11-12,15,17,20,29H,1-3,6-7,9-10,13-14,16H2,(H,25,26);3-8,12-14H,9-11H2,1-2H3,(H,20,21);7H,2-6H2,1H3;1-2H3;1H/t;13-,14-;;;/m.0.../s1. The summed E-state index contributed by atoms with van der Waals surface area (Å²) >= 11 is 0. The number of anilines is 8. The van der Waals surface area contributed by atoms with Crippen LogP contribution in [0.4, 0.5) is 45.8 Å². The summed E-state index contributed by atoms with van der Waals surface area (Å²) in [6.45, 7) is 13.0. The number of pyridine rings is 2. The van der Waals surface area contributed by atoms with E-state index in [1.807, 2.05) is 56.2 Å². The van der Waals surface area contributed by atoms with E-state index in [9.17, 15) is 14.7 Å². The van der Waals surface area contributed by atoms with Crippen LogP contribution in [0.3, 0.4) is 0 Å². The lowest BCUT2D eigenvalue weighted by Gasteiger charge is -2.39. The molecule has 2 aromatic carbocycles. The molecule has 0 spiro atoms. The summed E-state index contributed by atoms with van der Waals surface area (Å²) in [4.78, 5) is 42.8. The predicted octanol–water partition coefficient (Wildman–Crippen LogP) is 10.4. The smallest absolute Gasteiger partial charge is 0.230 e. The molecule has 4 aliphatic heterocycles. The second-order valence-electron chi connectivity index (χ2n) is 18.0. The molecule has 352 valence electrons. The zero-order chi connectivity index (χ0) is 45.7. The number of nitrogens with one attached hydrogen (secondary N) is 2. The molecule has 0 unspecified atom stereocenters.